The third kappa shape index (κ3) is 3.02. The molecule has 0 bridgehead atoms. The maximum atomic E-state index is 12.1. The van der Waals surface area contributed by atoms with Crippen molar-refractivity contribution >= 4 is 10.0 Å². The van der Waals surface area contributed by atoms with E-state index in [1.807, 2.05) is 6.92 Å². The van der Waals surface area contributed by atoms with Gasteiger partial charge in [0.2, 0.25) is 10.0 Å². The lowest BCUT2D eigenvalue weighted by Crippen LogP contribution is -2.32. The average Bonchev–Trinajstić information content (AvgIpc) is 2.86. The zero-order valence-electron chi connectivity index (χ0n) is 11.8. The fraction of sp³-hybridized carbons (Fsp3) is 0.833. The van der Waals surface area contributed by atoms with Gasteiger partial charge in [-0.2, -0.15) is 15.0 Å². The molecule has 8 heteroatoms. The summed E-state index contributed by atoms with van der Waals surface area (Å²) >= 11 is 0. The molecule has 2 fully saturated rings. The van der Waals surface area contributed by atoms with Crippen LogP contribution in [0.2, 0.25) is 0 Å². The fourth-order valence-electron chi connectivity index (χ4n) is 2.72. The standard InChI is InChI=1S/C12H20N4O3S/c1-9-11(15-16(2)14-9)6-13-20(17,18)7-10-5-12(3-4-12)8-19-10/h10,13H,3-8H2,1-2H3. The first kappa shape index (κ1) is 14.0. The average molecular weight is 300 g/mol. The van der Waals surface area contributed by atoms with Gasteiger partial charge in [-0.3, -0.25) is 0 Å². The number of rotatable bonds is 5. The molecule has 1 atom stereocenters. The number of ether oxygens (including phenoxy) is 1. The summed E-state index contributed by atoms with van der Waals surface area (Å²) in [6.07, 6.45) is 3.06. The van der Waals surface area contributed by atoms with Gasteiger partial charge in [0.05, 0.1) is 30.7 Å². The second-order valence-corrected chi connectivity index (χ2v) is 7.81. The molecule has 0 aromatic carbocycles. The number of hydrogen-bond acceptors (Lipinski definition) is 5. The molecular weight excluding hydrogens is 280 g/mol. The van der Waals surface area contributed by atoms with E-state index < -0.39 is 10.0 Å². The molecule has 3 rings (SSSR count). The summed E-state index contributed by atoms with van der Waals surface area (Å²) in [5, 5.41) is 8.21. The largest absolute Gasteiger partial charge is 0.377 e. The molecule has 1 saturated heterocycles. The minimum atomic E-state index is -3.35. The van der Waals surface area contributed by atoms with E-state index in [4.69, 9.17) is 4.74 Å². The van der Waals surface area contributed by atoms with Crippen molar-refractivity contribution in [2.45, 2.75) is 38.8 Å². The molecule has 1 aliphatic heterocycles. The molecule has 0 amide bonds. The highest BCUT2D eigenvalue weighted by Crippen LogP contribution is 2.53. The van der Waals surface area contributed by atoms with Crippen LogP contribution in [-0.2, 0) is 28.4 Å². The van der Waals surface area contributed by atoms with Crippen LogP contribution < -0.4 is 4.72 Å². The molecule has 1 unspecified atom stereocenters. The molecule has 1 aliphatic carbocycles. The van der Waals surface area contributed by atoms with Gasteiger partial charge in [0.25, 0.3) is 0 Å². The first-order valence-electron chi connectivity index (χ1n) is 6.83. The van der Waals surface area contributed by atoms with E-state index in [1.54, 1.807) is 7.05 Å². The van der Waals surface area contributed by atoms with Gasteiger partial charge in [-0.05, 0) is 31.6 Å². The van der Waals surface area contributed by atoms with Crippen LogP contribution in [-0.4, -0.2) is 41.9 Å². The molecule has 1 aromatic rings. The lowest BCUT2D eigenvalue weighted by atomic mass is 10.0. The summed E-state index contributed by atoms with van der Waals surface area (Å²) in [5.74, 6) is 0.0358. The molecule has 1 aromatic heterocycles. The smallest absolute Gasteiger partial charge is 0.214 e. The Labute approximate surface area is 118 Å². The number of aryl methyl sites for hydroxylation is 2. The lowest BCUT2D eigenvalue weighted by Gasteiger charge is -2.10. The Bertz CT molecular complexity index is 606. The predicted octanol–water partition coefficient (Wildman–Crippen LogP) is 0.112. The van der Waals surface area contributed by atoms with Gasteiger partial charge >= 0.3 is 0 Å². The summed E-state index contributed by atoms with van der Waals surface area (Å²) in [4.78, 5) is 1.44. The van der Waals surface area contributed by atoms with Crippen LogP contribution in [0.5, 0.6) is 0 Å². The molecular formula is C12H20N4O3S. The van der Waals surface area contributed by atoms with E-state index in [-0.39, 0.29) is 18.4 Å². The Morgan fingerprint density at radius 3 is 2.75 bits per heavy atom. The van der Waals surface area contributed by atoms with E-state index in [0.717, 1.165) is 18.7 Å². The van der Waals surface area contributed by atoms with Crippen molar-refractivity contribution in [1.82, 2.24) is 19.7 Å². The Kier molecular flexibility index (Phi) is 3.34. The van der Waals surface area contributed by atoms with Crippen molar-refractivity contribution in [2.75, 3.05) is 12.4 Å². The Balaban J connectivity index is 1.54. The van der Waals surface area contributed by atoms with Gasteiger partial charge in [-0.15, -0.1) is 0 Å². The quantitative estimate of drug-likeness (QED) is 0.834. The lowest BCUT2D eigenvalue weighted by molar-refractivity contribution is 0.120. The molecule has 0 radical (unpaired) electrons. The molecule has 1 spiro atoms. The van der Waals surface area contributed by atoms with Crippen molar-refractivity contribution < 1.29 is 13.2 Å². The third-order valence-electron chi connectivity index (χ3n) is 4.09. The van der Waals surface area contributed by atoms with Crippen molar-refractivity contribution in [3.63, 3.8) is 0 Å². The fourth-order valence-corrected chi connectivity index (χ4v) is 3.90. The molecule has 1 N–H and O–H groups in total. The van der Waals surface area contributed by atoms with Crippen molar-refractivity contribution in [1.29, 1.82) is 0 Å². The number of nitrogens with one attached hydrogen (secondary N) is 1. The van der Waals surface area contributed by atoms with Crippen molar-refractivity contribution in [3.05, 3.63) is 11.4 Å². The Morgan fingerprint density at radius 1 is 1.45 bits per heavy atom. The third-order valence-corrected chi connectivity index (χ3v) is 5.48. The zero-order valence-corrected chi connectivity index (χ0v) is 12.6. The summed E-state index contributed by atoms with van der Waals surface area (Å²) in [5.41, 5.74) is 1.70. The van der Waals surface area contributed by atoms with E-state index in [1.165, 1.54) is 17.6 Å². The number of hydrogen-bond donors (Lipinski definition) is 1. The summed E-state index contributed by atoms with van der Waals surface area (Å²) in [6, 6.07) is 0. The minimum absolute atomic E-state index is 0.0358. The van der Waals surface area contributed by atoms with E-state index in [9.17, 15) is 8.42 Å². The van der Waals surface area contributed by atoms with Gasteiger partial charge in [0, 0.05) is 7.05 Å². The van der Waals surface area contributed by atoms with Gasteiger partial charge < -0.3 is 4.74 Å². The summed E-state index contributed by atoms with van der Waals surface area (Å²) < 4.78 is 32.3. The maximum absolute atomic E-state index is 12.1. The Hall–Kier alpha value is -0.990. The number of sulfonamides is 1. The van der Waals surface area contributed by atoms with E-state index >= 15 is 0 Å². The van der Waals surface area contributed by atoms with Crippen LogP contribution in [0, 0.1) is 12.3 Å². The van der Waals surface area contributed by atoms with Gasteiger partial charge in [-0.25, -0.2) is 13.1 Å². The molecule has 2 heterocycles. The minimum Gasteiger partial charge on any atom is -0.377 e. The molecule has 1 saturated carbocycles. The SMILES string of the molecule is Cc1nn(C)nc1CNS(=O)(=O)CC1CC2(CC2)CO1. The zero-order chi connectivity index (χ0) is 14.4. The predicted molar refractivity (Wildman–Crippen MR) is 72.4 cm³/mol. The molecule has 112 valence electrons. The monoisotopic (exact) mass is 300 g/mol. The normalized spacial score (nSPS) is 24.4. The second-order valence-electron chi connectivity index (χ2n) is 5.96. The van der Waals surface area contributed by atoms with Gasteiger partial charge in [0.15, 0.2) is 0 Å². The van der Waals surface area contributed by atoms with E-state index in [2.05, 4.69) is 14.9 Å². The summed E-state index contributed by atoms with van der Waals surface area (Å²) in [7, 11) is -1.63. The van der Waals surface area contributed by atoms with Crippen LogP contribution in [0.1, 0.15) is 30.7 Å². The highest BCUT2D eigenvalue weighted by molar-refractivity contribution is 7.89. The van der Waals surface area contributed by atoms with Crippen LogP contribution >= 0.6 is 0 Å². The molecule has 20 heavy (non-hydrogen) atoms. The number of nitrogens with zero attached hydrogens (tertiary/aromatic N) is 3. The molecule has 7 nitrogen and oxygen atoms in total. The topological polar surface area (TPSA) is 86.1 Å². The molecule has 2 aliphatic rings. The highest BCUT2D eigenvalue weighted by Gasteiger charge is 2.50. The van der Waals surface area contributed by atoms with Crippen molar-refractivity contribution in [2.24, 2.45) is 12.5 Å². The maximum Gasteiger partial charge on any atom is 0.214 e. The number of aromatic nitrogens is 3. The van der Waals surface area contributed by atoms with Crippen molar-refractivity contribution in [3.8, 4) is 0 Å². The van der Waals surface area contributed by atoms with Crippen LogP contribution in [0.4, 0.5) is 0 Å². The first-order valence-corrected chi connectivity index (χ1v) is 8.49. The van der Waals surface area contributed by atoms with E-state index in [0.29, 0.717) is 11.1 Å². The van der Waals surface area contributed by atoms with Crippen LogP contribution in [0.25, 0.3) is 0 Å². The van der Waals surface area contributed by atoms with Gasteiger partial charge in [0.1, 0.15) is 5.69 Å². The van der Waals surface area contributed by atoms with Gasteiger partial charge in [-0.1, -0.05) is 0 Å². The van der Waals surface area contributed by atoms with Crippen LogP contribution in [0.3, 0.4) is 0 Å². The second kappa shape index (κ2) is 4.78. The first-order chi connectivity index (χ1) is 9.38. The summed E-state index contributed by atoms with van der Waals surface area (Å²) in [6.45, 7) is 2.71. The van der Waals surface area contributed by atoms with Crippen LogP contribution in [0.15, 0.2) is 0 Å². The highest BCUT2D eigenvalue weighted by atomic mass is 32.2. The Morgan fingerprint density at radius 2 is 2.20 bits per heavy atom.